The Labute approximate surface area is 133 Å². The van der Waals surface area contributed by atoms with E-state index in [9.17, 15) is 9.59 Å². The summed E-state index contributed by atoms with van der Waals surface area (Å²) in [5.74, 6) is -1.22. The van der Waals surface area contributed by atoms with Gasteiger partial charge in [-0.15, -0.1) is 0 Å². The van der Waals surface area contributed by atoms with Gasteiger partial charge in [0.05, 0.1) is 18.4 Å². The molecule has 0 saturated carbocycles. The number of fused-ring (bicyclic) bond motifs is 1. The Hall–Kier alpha value is -2.76. The highest BCUT2D eigenvalue weighted by atomic mass is 16.4. The van der Waals surface area contributed by atoms with E-state index in [0.717, 1.165) is 23.7 Å². The van der Waals surface area contributed by atoms with Gasteiger partial charge in [-0.3, -0.25) is 4.79 Å². The zero-order chi connectivity index (χ0) is 16.6. The number of aromatic carboxylic acids is 1. The van der Waals surface area contributed by atoms with Crippen molar-refractivity contribution in [3.05, 3.63) is 58.7 Å². The second-order valence-corrected chi connectivity index (χ2v) is 5.93. The summed E-state index contributed by atoms with van der Waals surface area (Å²) in [5, 5.41) is 11.8. The molecular formula is C17H17N3O3. The Morgan fingerprint density at radius 2 is 1.91 bits per heavy atom. The number of benzene rings is 1. The number of hydrogen-bond acceptors (Lipinski definition) is 4. The normalized spacial score (nSPS) is 19.2. The van der Waals surface area contributed by atoms with Crippen LogP contribution in [0.1, 0.15) is 50.6 Å². The lowest BCUT2D eigenvalue weighted by Crippen LogP contribution is -2.31. The molecule has 0 aliphatic heterocycles. The monoisotopic (exact) mass is 311 g/mol. The molecule has 0 saturated heterocycles. The molecule has 2 N–H and O–H groups in total. The average Bonchev–Trinajstić information content (AvgIpc) is 2.83. The van der Waals surface area contributed by atoms with Crippen LogP contribution in [0.3, 0.4) is 0 Å². The Kier molecular flexibility index (Phi) is 3.82. The van der Waals surface area contributed by atoms with Crippen molar-refractivity contribution in [1.82, 2.24) is 15.3 Å². The van der Waals surface area contributed by atoms with Crippen LogP contribution >= 0.6 is 0 Å². The second kappa shape index (κ2) is 5.79. The third-order valence-electron chi connectivity index (χ3n) is 4.14. The molecule has 0 radical (unpaired) electrons. The van der Waals surface area contributed by atoms with Crippen LogP contribution in [-0.4, -0.2) is 27.0 Å². The number of nitrogens with one attached hydrogen (secondary N) is 1. The molecule has 118 valence electrons. The molecule has 6 heteroatoms. The smallest absolute Gasteiger partial charge is 0.356 e. The van der Waals surface area contributed by atoms with E-state index in [1.165, 1.54) is 11.8 Å². The van der Waals surface area contributed by atoms with Crippen molar-refractivity contribution in [2.45, 2.75) is 26.3 Å². The second-order valence-electron chi connectivity index (χ2n) is 5.93. The number of nitrogens with zero attached hydrogens (tertiary/aromatic N) is 2. The number of amides is 1. The molecule has 6 nitrogen and oxygen atoms in total. The Balaban J connectivity index is 1.80. The topological polar surface area (TPSA) is 92.2 Å². The SMILES string of the molecule is Cc1ccc2c(c1)C(NC(=O)c1cnc(C(=O)O)cn1)C(C)C2. The lowest BCUT2D eigenvalue weighted by Gasteiger charge is -2.18. The number of carbonyl (C=O) groups excluding carboxylic acids is 1. The Morgan fingerprint density at radius 3 is 2.57 bits per heavy atom. The van der Waals surface area contributed by atoms with Crippen molar-refractivity contribution in [1.29, 1.82) is 0 Å². The van der Waals surface area contributed by atoms with Crippen molar-refractivity contribution in [2.75, 3.05) is 0 Å². The third kappa shape index (κ3) is 2.92. The standard InChI is InChI=1S/C17H17N3O3/c1-9-3-4-11-6-10(2)15(12(11)5-9)20-16(21)13-7-19-14(8-18-13)17(22)23/h3-5,7-8,10,15H,6H2,1-2H3,(H,20,21)(H,22,23). The van der Waals surface area contributed by atoms with E-state index in [1.54, 1.807) is 0 Å². The highest BCUT2D eigenvalue weighted by Crippen LogP contribution is 2.36. The molecule has 0 fully saturated rings. The van der Waals surface area contributed by atoms with Crippen molar-refractivity contribution in [3.8, 4) is 0 Å². The maximum absolute atomic E-state index is 12.4. The van der Waals surface area contributed by atoms with Gasteiger partial charge in [-0.1, -0.05) is 30.7 Å². The first-order chi connectivity index (χ1) is 11.0. The third-order valence-corrected chi connectivity index (χ3v) is 4.14. The van der Waals surface area contributed by atoms with Gasteiger partial charge in [0.2, 0.25) is 0 Å². The van der Waals surface area contributed by atoms with Gasteiger partial charge in [0.15, 0.2) is 5.69 Å². The van der Waals surface area contributed by atoms with Gasteiger partial charge in [0.1, 0.15) is 5.69 Å². The van der Waals surface area contributed by atoms with Gasteiger partial charge in [-0.2, -0.15) is 0 Å². The number of aryl methyl sites for hydroxylation is 1. The summed E-state index contributed by atoms with van der Waals surface area (Å²) in [6.07, 6.45) is 3.20. The molecule has 0 bridgehead atoms. The molecule has 23 heavy (non-hydrogen) atoms. The molecule has 1 aliphatic carbocycles. The first-order valence-corrected chi connectivity index (χ1v) is 7.41. The van der Waals surface area contributed by atoms with Crippen LogP contribution in [0.25, 0.3) is 0 Å². The van der Waals surface area contributed by atoms with Gasteiger partial charge in [-0.05, 0) is 30.4 Å². The number of carbonyl (C=O) groups is 2. The van der Waals surface area contributed by atoms with Gasteiger partial charge in [-0.25, -0.2) is 14.8 Å². The fourth-order valence-electron chi connectivity index (χ4n) is 2.95. The predicted octanol–water partition coefficient (Wildman–Crippen LogP) is 2.15. The molecule has 1 aliphatic rings. The summed E-state index contributed by atoms with van der Waals surface area (Å²) in [4.78, 5) is 30.7. The average molecular weight is 311 g/mol. The Morgan fingerprint density at radius 1 is 1.22 bits per heavy atom. The molecule has 2 atom stereocenters. The molecule has 1 aromatic carbocycles. The zero-order valence-corrected chi connectivity index (χ0v) is 12.9. The van der Waals surface area contributed by atoms with Gasteiger partial charge in [0.25, 0.3) is 5.91 Å². The zero-order valence-electron chi connectivity index (χ0n) is 12.9. The minimum atomic E-state index is -1.17. The van der Waals surface area contributed by atoms with Crippen LogP contribution in [0.15, 0.2) is 30.6 Å². The van der Waals surface area contributed by atoms with Crippen LogP contribution in [0.5, 0.6) is 0 Å². The summed E-state index contributed by atoms with van der Waals surface area (Å²) in [5.41, 5.74) is 3.48. The number of hydrogen-bond donors (Lipinski definition) is 2. The quantitative estimate of drug-likeness (QED) is 0.906. The minimum absolute atomic E-state index is 0.0710. The molecule has 1 heterocycles. The van der Waals surface area contributed by atoms with Crippen LogP contribution < -0.4 is 5.32 Å². The van der Waals surface area contributed by atoms with Crippen LogP contribution in [0.2, 0.25) is 0 Å². The van der Waals surface area contributed by atoms with E-state index in [4.69, 9.17) is 5.11 Å². The van der Waals surface area contributed by atoms with E-state index < -0.39 is 5.97 Å². The molecule has 2 unspecified atom stereocenters. The lowest BCUT2D eigenvalue weighted by atomic mass is 10.0. The van der Waals surface area contributed by atoms with Gasteiger partial charge >= 0.3 is 5.97 Å². The largest absolute Gasteiger partial charge is 0.476 e. The number of carboxylic acid groups (broad SMARTS) is 1. The van der Waals surface area contributed by atoms with Crippen LogP contribution in [-0.2, 0) is 6.42 Å². The van der Waals surface area contributed by atoms with Crippen molar-refractivity contribution < 1.29 is 14.7 Å². The molecular weight excluding hydrogens is 294 g/mol. The molecule has 2 aromatic rings. The first-order valence-electron chi connectivity index (χ1n) is 7.41. The highest BCUT2D eigenvalue weighted by molar-refractivity contribution is 5.93. The lowest BCUT2D eigenvalue weighted by molar-refractivity contribution is 0.0689. The summed E-state index contributed by atoms with van der Waals surface area (Å²) < 4.78 is 0. The van der Waals surface area contributed by atoms with Gasteiger partial charge < -0.3 is 10.4 Å². The van der Waals surface area contributed by atoms with Crippen LogP contribution in [0, 0.1) is 12.8 Å². The van der Waals surface area contributed by atoms with Gasteiger partial charge in [0, 0.05) is 0 Å². The fraction of sp³-hybridized carbons (Fsp3) is 0.294. The summed E-state index contributed by atoms with van der Waals surface area (Å²) >= 11 is 0. The van der Waals surface area contributed by atoms with E-state index in [2.05, 4.69) is 40.4 Å². The van der Waals surface area contributed by atoms with Crippen molar-refractivity contribution in [3.63, 3.8) is 0 Å². The van der Waals surface area contributed by atoms with Crippen LogP contribution in [0.4, 0.5) is 0 Å². The molecule has 1 aromatic heterocycles. The number of carboxylic acids is 1. The maximum Gasteiger partial charge on any atom is 0.356 e. The summed E-state index contributed by atoms with van der Waals surface area (Å²) in [6.45, 7) is 4.12. The highest BCUT2D eigenvalue weighted by Gasteiger charge is 2.31. The Bertz CT molecular complexity index is 771. The van der Waals surface area contributed by atoms with Crippen molar-refractivity contribution >= 4 is 11.9 Å². The molecule has 1 amide bonds. The van der Waals surface area contributed by atoms with E-state index in [-0.39, 0.29) is 23.3 Å². The van der Waals surface area contributed by atoms with E-state index in [1.807, 2.05) is 6.92 Å². The minimum Gasteiger partial charge on any atom is -0.476 e. The maximum atomic E-state index is 12.4. The predicted molar refractivity (Wildman–Crippen MR) is 83.2 cm³/mol. The molecule has 0 spiro atoms. The van der Waals surface area contributed by atoms with E-state index >= 15 is 0 Å². The van der Waals surface area contributed by atoms with E-state index in [0.29, 0.717) is 5.92 Å². The number of aromatic nitrogens is 2. The first kappa shape index (κ1) is 15.1. The fourth-order valence-corrected chi connectivity index (χ4v) is 2.95. The summed E-state index contributed by atoms with van der Waals surface area (Å²) in [6, 6.07) is 6.21. The summed E-state index contributed by atoms with van der Waals surface area (Å²) in [7, 11) is 0. The van der Waals surface area contributed by atoms with Crippen molar-refractivity contribution in [2.24, 2.45) is 5.92 Å². The number of rotatable bonds is 3. The molecule has 3 rings (SSSR count).